The second-order valence-electron chi connectivity index (χ2n) is 5.90. The van der Waals surface area contributed by atoms with Crippen LogP contribution in [0.5, 0.6) is 0 Å². The summed E-state index contributed by atoms with van der Waals surface area (Å²) in [5, 5.41) is 3.66. The molecule has 2 atom stereocenters. The summed E-state index contributed by atoms with van der Waals surface area (Å²) in [4.78, 5) is 14.0. The number of sulfone groups is 1. The fourth-order valence-electron chi connectivity index (χ4n) is 2.93. The first kappa shape index (κ1) is 16.0. The average Bonchev–Trinajstić information content (AvgIpc) is 2.72. The van der Waals surface area contributed by atoms with Crippen LogP contribution in [0.3, 0.4) is 0 Å². The Morgan fingerprint density at radius 2 is 2.00 bits per heavy atom. The van der Waals surface area contributed by atoms with Crippen LogP contribution in [0.4, 0.5) is 0 Å². The molecule has 1 aromatic rings. The van der Waals surface area contributed by atoms with E-state index in [2.05, 4.69) is 5.16 Å². The average molecular weight is 314 g/mol. The van der Waals surface area contributed by atoms with Crippen LogP contribution in [0.15, 0.2) is 10.6 Å². The first-order valence-corrected chi connectivity index (χ1v) is 9.04. The predicted octanol–water partition coefficient (Wildman–Crippen LogP) is 1.69. The molecular formula is C14H22N2O4S. The number of piperidine rings is 1. The minimum absolute atomic E-state index is 0.101. The van der Waals surface area contributed by atoms with Crippen molar-refractivity contribution in [2.24, 2.45) is 0 Å². The Kier molecular flexibility index (Phi) is 4.70. The summed E-state index contributed by atoms with van der Waals surface area (Å²) in [7, 11) is -3.54. The van der Waals surface area contributed by atoms with Gasteiger partial charge in [0.2, 0.25) is 5.91 Å². The highest BCUT2D eigenvalue weighted by Crippen LogP contribution is 2.23. The van der Waals surface area contributed by atoms with E-state index in [9.17, 15) is 13.2 Å². The van der Waals surface area contributed by atoms with Crippen LogP contribution in [0.25, 0.3) is 0 Å². The van der Waals surface area contributed by atoms with Gasteiger partial charge in [0.15, 0.2) is 15.6 Å². The van der Waals surface area contributed by atoms with Crippen LogP contribution < -0.4 is 0 Å². The predicted molar refractivity (Wildman–Crippen MR) is 78.4 cm³/mol. The number of hydrogen-bond donors (Lipinski definition) is 0. The highest BCUT2D eigenvalue weighted by Gasteiger charge is 2.31. The van der Waals surface area contributed by atoms with E-state index in [1.54, 1.807) is 17.9 Å². The minimum Gasteiger partial charge on any atom is -0.360 e. The van der Waals surface area contributed by atoms with E-state index in [1.807, 2.05) is 13.8 Å². The Balaban J connectivity index is 2.03. The number of rotatable bonds is 4. The van der Waals surface area contributed by atoms with E-state index in [0.29, 0.717) is 5.69 Å². The van der Waals surface area contributed by atoms with Crippen molar-refractivity contribution in [3.63, 3.8) is 0 Å². The van der Waals surface area contributed by atoms with Crippen molar-refractivity contribution >= 4 is 15.7 Å². The van der Waals surface area contributed by atoms with E-state index in [-0.39, 0.29) is 29.5 Å². The first-order chi connectivity index (χ1) is 9.78. The molecule has 0 radical (unpaired) electrons. The van der Waals surface area contributed by atoms with Crippen molar-refractivity contribution in [2.75, 3.05) is 5.75 Å². The van der Waals surface area contributed by atoms with Gasteiger partial charge in [-0.1, -0.05) is 5.16 Å². The lowest BCUT2D eigenvalue weighted by atomic mass is 9.98. The van der Waals surface area contributed by atoms with Gasteiger partial charge in [0.1, 0.15) is 11.5 Å². The van der Waals surface area contributed by atoms with E-state index in [1.165, 1.54) is 0 Å². The Labute approximate surface area is 125 Å². The van der Waals surface area contributed by atoms with Gasteiger partial charge in [-0.05, 0) is 40.0 Å². The zero-order valence-corrected chi connectivity index (χ0v) is 13.5. The van der Waals surface area contributed by atoms with Crippen LogP contribution >= 0.6 is 0 Å². The van der Waals surface area contributed by atoms with Gasteiger partial charge in [-0.3, -0.25) is 4.79 Å². The molecule has 1 fully saturated rings. The lowest BCUT2D eigenvalue weighted by Gasteiger charge is -2.39. The maximum Gasteiger partial charge on any atom is 0.238 e. The van der Waals surface area contributed by atoms with Crippen molar-refractivity contribution in [1.82, 2.24) is 10.1 Å². The highest BCUT2D eigenvalue weighted by molar-refractivity contribution is 7.91. The molecule has 1 aliphatic heterocycles. The van der Waals surface area contributed by atoms with E-state index in [0.717, 1.165) is 19.3 Å². The fraction of sp³-hybridized carbons (Fsp3) is 0.714. The van der Waals surface area contributed by atoms with Crippen LogP contribution in [0.2, 0.25) is 0 Å². The SMILES string of the molecule is Cc1cc(CS(=O)(=O)CC(=O)N2[C@H](C)CCC[C@H]2C)on1. The molecule has 6 nitrogen and oxygen atoms in total. The topological polar surface area (TPSA) is 80.5 Å². The molecule has 2 heterocycles. The number of nitrogens with zero attached hydrogens (tertiary/aromatic N) is 2. The van der Waals surface area contributed by atoms with Gasteiger partial charge in [-0.25, -0.2) is 8.42 Å². The fourth-order valence-corrected chi connectivity index (χ4v) is 4.12. The summed E-state index contributed by atoms with van der Waals surface area (Å²) in [5.41, 5.74) is 0.629. The molecule has 1 aromatic heterocycles. The molecule has 0 unspecified atom stereocenters. The minimum atomic E-state index is -3.54. The third-order valence-corrected chi connectivity index (χ3v) is 5.27. The van der Waals surface area contributed by atoms with Crippen LogP contribution in [-0.4, -0.2) is 42.2 Å². The van der Waals surface area contributed by atoms with Crippen LogP contribution in [-0.2, 0) is 20.4 Å². The first-order valence-electron chi connectivity index (χ1n) is 7.22. The van der Waals surface area contributed by atoms with Gasteiger partial charge in [-0.2, -0.15) is 0 Å². The number of aryl methyl sites for hydroxylation is 1. The van der Waals surface area contributed by atoms with E-state index < -0.39 is 15.6 Å². The lowest BCUT2D eigenvalue weighted by molar-refractivity contribution is -0.134. The van der Waals surface area contributed by atoms with Gasteiger partial charge >= 0.3 is 0 Å². The number of hydrogen-bond acceptors (Lipinski definition) is 5. The third-order valence-electron chi connectivity index (χ3n) is 3.86. The molecule has 1 aliphatic rings. The van der Waals surface area contributed by atoms with Gasteiger partial charge in [-0.15, -0.1) is 0 Å². The molecule has 0 N–H and O–H groups in total. The zero-order valence-electron chi connectivity index (χ0n) is 12.7. The molecule has 0 bridgehead atoms. The summed E-state index contributed by atoms with van der Waals surface area (Å²) >= 11 is 0. The highest BCUT2D eigenvalue weighted by atomic mass is 32.2. The van der Waals surface area contributed by atoms with Crippen LogP contribution in [0.1, 0.15) is 44.6 Å². The second kappa shape index (κ2) is 6.17. The number of carbonyl (C=O) groups excluding carboxylic acids is 1. The third kappa shape index (κ3) is 4.06. The molecule has 7 heteroatoms. The number of aromatic nitrogens is 1. The molecule has 1 saturated heterocycles. The van der Waals surface area contributed by atoms with Crippen molar-refractivity contribution < 1.29 is 17.7 Å². The number of carbonyl (C=O) groups is 1. The molecule has 0 saturated carbocycles. The second-order valence-corrected chi connectivity index (χ2v) is 7.96. The summed E-state index contributed by atoms with van der Waals surface area (Å²) < 4.78 is 29.2. The van der Waals surface area contributed by atoms with Crippen molar-refractivity contribution in [3.05, 3.63) is 17.5 Å². The monoisotopic (exact) mass is 314 g/mol. The molecule has 1 amide bonds. The van der Waals surface area contributed by atoms with Crippen molar-refractivity contribution in [2.45, 2.75) is 57.9 Å². The molecule has 0 aromatic carbocycles. The van der Waals surface area contributed by atoms with Gasteiger partial charge < -0.3 is 9.42 Å². The largest absolute Gasteiger partial charge is 0.360 e. The quantitative estimate of drug-likeness (QED) is 0.845. The van der Waals surface area contributed by atoms with E-state index >= 15 is 0 Å². The number of likely N-dealkylation sites (tertiary alicyclic amines) is 1. The number of amides is 1. The van der Waals surface area contributed by atoms with Gasteiger partial charge in [0.05, 0.1) is 5.69 Å². The summed E-state index contributed by atoms with van der Waals surface area (Å²) in [6, 6.07) is 1.78. The zero-order chi connectivity index (χ0) is 15.6. The molecule has 2 rings (SSSR count). The summed E-state index contributed by atoms with van der Waals surface area (Å²) in [6.45, 7) is 5.67. The molecule has 21 heavy (non-hydrogen) atoms. The Hall–Kier alpha value is -1.37. The smallest absolute Gasteiger partial charge is 0.238 e. The van der Waals surface area contributed by atoms with Gasteiger partial charge in [0, 0.05) is 18.2 Å². The maximum absolute atomic E-state index is 12.3. The molecule has 0 aliphatic carbocycles. The molecular weight excluding hydrogens is 292 g/mol. The molecule has 118 valence electrons. The summed E-state index contributed by atoms with van der Waals surface area (Å²) in [5.74, 6) is -0.789. The Morgan fingerprint density at radius 1 is 1.38 bits per heavy atom. The Morgan fingerprint density at radius 3 is 2.52 bits per heavy atom. The molecule has 0 spiro atoms. The lowest BCUT2D eigenvalue weighted by Crippen LogP contribution is -2.49. The Bertz CT molecular complexity index is 598. The van der Waals surface area contributed by atoms with Crippen LogP contribution in [0, 0.1) is 6.92 Å². The normalized spacial score (nSPS) is 23.3. The maximum atomic E-state index is 12.3. The van der Waals surface area contributed by atoms with Crippen molar-refractivity contribution in [3.8, 4) is 0 Å². The van der Waals surface area contributed by atoms with Gasteiger partial charge in [0.25, 0.3) is 0 Å². The van der Waals surface area contributed by atoms with Crippen molar-refractivity contribution in [1.29, 1.82) is 0 Å². The van der Waals surface area contributed by atoms with E-state index in [4.69, 9.17) is 4.52 Å². The standard InChI is InChI=1S/C14H22N2O4S/c1-10-7-13(20-15-10)8-21(18,19)9-14(17)16-11(2)5-4-6-12(16)3/h7,11-12H,4-6,8-9H2,1-3H3/t11-,12-/m1/s1. The summed E-state index contributed by atoms with van der Waals surface area (Å²) in [6.07, 6.45) is 2.94.